The monoisotopic (exact) mass is 368 g/mol. The summed E-state index contributed by atoms with van der Waals surface area (Å²) in [6.45, 7) is 6.69. The summed E-state index contributed by atoms with van der Waals surface area (Å²) in [6, 6.07) is 8.85. The number of benzene rings is 2. The van der Waals surface area contributed by atoms with Gasteiger partial charge in [-0.15, -0.1) is 0 Å². The molecule has 2 aromatic carbocycles. The van der Waals surface area contributed by atoms with Crippen molar-refractivity contribution in [2.24, 2.45) is 0 Å². The number of ether oxygens (including phenoxy) is 1. The molecule has 2 aliphatic heterocycles. The largest absolute Gasteiger partial charge is 0.490 e. The van der Waals surface area contributed by atoms with Crippen molar-refractivity contribution in [1.29, 1.82) is 0 Å². The molecule has 0 spiro atoms. The first kappa shape index (κ1) is 16.1. The van der Waals surface area contributed by atoms with Gasteiger partial charge in [-0.05, 0) is 24.1 Å². The van der Waals surface area contributed by atoms with Crippen molar-refractivity contribution in [3.63, 3.8) is 0 Å². The molecule has 0 unspecified atom stereocenters. The second-order valence-electron chi connectivity index (χ2n) is 7.14. The van der Waals surface area contributed by atoms with E-state index >= 15 is 0 Å². The van der Waals surface area contributed by atoms with Crippen LogP contribution in [0.15, 0.2) is 30.5 Å². The fourth-order valence-electron chi connectivity index (χ4n) is 4.13. The maximum Gasteiger partial charge on any atom is 0.143 e. The van der Waals surface area contributed by atoms with E-state index in [4.69, 9.17) is 16.3 Å². The summed E-state index contributed by atoms with van der Waals surface area (Å²) in [7, 11) is 0. The van der Waals surface area contributed by atoms with Gasteiger partial charge in [0.2, 0.25) is 0 Å². The summed E-state index contributed by atoms with van der Waals surface area (Å²) in [5.41, 5.74) is 5.49. The van der Waals surface area contributed by atoms with Crippen molar-refractivity contribution in [2.75, 3.05) is 26.2 Å². The molecule has 0 saturated carbocycles. The molecule has 0 bridgehead atoms. The third-order valence-corrected chi connectivity index (χ3v) is 5.92. The van der Waals surface area contributed by atoms with E-state index in [9.17, 15) is 0 Å². The fourth-order valence-corrected chi connectivity index (χ4v) is 4.46. The van der Waals surface area contributed by atoms with Crippen molar-refractivity contribution >= 4 is 22.5 Å². The molecule has 0 radical (unpaired) electrons. The molecule has 26 heavy (non-hydrogen) atoms. The molecule has 1 atom stereocenters. The predicted octanol–water partition coefficient (Wildman–Crippen LogP) is 3.36. The second-order valence-corrected chi connectivity index (χ2v) is 7.52. The molecule has 0 aliphatic carbocycles. The molecule has 6 heteroatoms. The van der Waals surface area contributed by atoms with Crippen molar-refractivity contribution in [2.45, 2.75) is 19.5 Å². The van der Waals surface area contributed by atoms with Gasteiger partial charge in [-0.2, -0.15) is 5.10 Å². The highest BCUT2D eigenvalue weighted by Gasteiger charge is 2.29. The lowest BCUT2D eigenvalue weighted by Crippen LogP contribution is -2.52. The number of rotatable bonds is 1. The van der Waals surface area contributed by atoms with E-state index in [0.29, 0.717) is 17.7 Å². The zero-order chi connectivity index (χ0) is 17.7. The topological polar surface area (TPSA) is 53.2 Å². The van der Waals surface area contributed by atoms with Gasteiger partial charge < -0.3 is 10.1 Å². The van der Waals surface area contributed by atoms with Crippen LogP contribution >= 0.6 is 11.6 Å². The Hall–Kier alpha value is -2.08. The van der Waals surface area contributed by atoms with E-state index in [2.05, 4.69) is 51.6 Å². The van der Waals surface area contributed by atoms with Gasteiger partial charge in [0.05, 0.1) is 22.8 Å². The molecule has 3 aromatic rings. The maximum absolute atomic E-state index is 6.88. The Labute approximate surface area is 157 Å². The molecule has 1 aromatic heterocycles. The number of aryl methyl sites for hydroxylation is 1. The van der Waals surface area contributed by atoms with Gasteiger partial charge in [-0.3, -0.25) is 10.00 Å². The van der Waals surface area contributed by atoms with Crippen molar-refractivity contribution < 1.29 is 4.74 Å². The first-order valence-electron chi connectivity index (χ1n) is 9.04. The standard InChI is InChI=1S/C20H21ClN4O/c1-12-2-5-17-16(9-23-24-17)18(12)15-4-3-13-10-25-7-6-22-8-14(25)11-26-20(13)19(15)21/h2-5,9,14,22H,6-8,10-11H2,1H3,(H,23,24)/t14-/m0/s1. The van der Waals surface area contributed by atoms with Crippen LogP contribution < -0.4 is 10.1 Å². The minimum absolute atomic E-state index is 0.398. The Kier molecular flexibility index (Phi) is 3.89. The van der Waals surface area contributed by atoms with Crippen LogP contribution in [-0.4, -0.2) is 47.4 Å². The summed E-state index contributed by atoms with van der Waals surface area (Å²) in [5.74, 6) is 0.832. The average molecular weight is 369 g/mol. The van der Waals surface area contributed by atoms with Crippen LogP contribution in [0.5, 0.6) is 5.75 Å². The molecule has 3 heterocycles. The zero-order valence-corrected chi connectivity index (χ0v) is 15.4. The zero-order valence-electron chi connectivity index (χ0n) is 14.7. The number of hydrogen-bond donors (Lipinski definition) is 2. The molecule has 2 aliphatic rings. The van der Waals surface area contributed by atoms with E-state index in [1.807, 2.05) is 6.20 Å². The number of nitrogens with one attached hydrogen (secondary N) is 2. The number of aromatic amines is 1. The fraction of sp³-hybridized carbons (Fsp3) is 0.350. The van der Waals surface area contributed by atoms with Gasteiger partial charge in [0.1, 0.15) is 12.4 Å². The normalized spacial score (nSPS) is 20.3. The number of aromatic nitrogens is 2. The van der Waals surface area contributed by atoms with Gasteiger partial charge in [0.25, 0.3) is 0 Å². The summed E-state index contributed by atoms with van der Waals surface area (Å²) in [4.78, 5) is 2.49. The van der Waals surface area contributed by atoms with Crippen LogP contribution in [0.1, 0.15) is 11.1 Å². The number of H-pyrrole nitrogens is 1. The Balaban J connectivity index is 1.64. The predicted molar refractivity (Wildman–Crippen MR) is 104 cm³/mol. The van der Waals surface area contributed by atoms with Crippen LogP contribution in [0.3, 0.4) is 0 Å². The Morgan fingerprint density at radius 1 is 1.27 bits per heavy atom. The molecule has 0 amide bonds. The lowest BCUT2D eigenvalue weighted by molar-refractivity contribution is 0.120. The van der Waals surface area contributed by atoms with E-state index in [1.165, 1.54) is 11.1 Å². The molecule has 5 rings (SSSR count). The van der Waals surface area contributed by atoms with Gasteiger partial charge in [-0.25, -0.2) is 0 Å². The lowest BCUT2D eigenvalue weighted by atomic mass is 9.95. The SMILES string of the molecule is Cc1ccc2[nH]ncc2c1-c1ccc2c(c1Cl)OC[C@@H]1CNCCN1C2. The molecule has 1 fully saturated rings. The maximum atomic E-state index is 6.88. The Morgan fingerprint density at radius 3 is 3.12 bits per heavy atom. The molecule has 2 N–H and O–H groups in total. The summed E-state index contributed by atoms with van der Waals surface area (Å²) in [5, 5.41) is 12.5. The third-order valence-electron chi connectivity index (χ3n) is 5.55. The third kappa shape index (κ3) is 2.50. The summed E-state index contributed by atoms with van der Waals surface area (Å²) >= 11 is 6.88. The highest BCUT2D eigenvalue weighted by molar-refractivity contribution is 6.35. The molecular formula is C20H21ClN4O. The molecule has 1 saturated heterocycles. The Morgan fingerprint density at radius 2 is 2.19 bits per heavy atom. The van der Waals surface area contributed by atoms with E-state index in [0.717, 1.165) is 54.0 Å². The first-order chi connectivity index (χ1) is 12.7. The Bertz CT molecular complexity index is 983. The van der Waals surface area contributed by atoms with Crippen LogP contribution in [0.4, 0.5) is 0 Å². The number of piperazine rings is 1. The van der Waals surface area contributed by atoms with Crippen LogP contribution in [0.2, 0.25) is 5.02 Å². The van der Waals surface area contributed by atoms with Crippen molar-refractivity contribution in [3.8, 4) is 16.9 Å². The van der Waals surface area contributed by atoms with Crippen LogP contribution in [-0.2, 0) is 6.54 Å². The number of fused-ring (bicyclic) bond motifs is 3. The molecule has 134 valence electrons. The quantitative estimate of drug-likeness (QED) is 0.691. The second kappa shape index (κ2) is 6.27. The highest BCUT2D eigenvalue weighted by atomic mass is 35.5. The minimum Gasteiger partial charge on any atom is -0.490 e. The van der Waals surface area contributed by atoms with Crippen LogP contribution in [0.25, 0.3) is 22.0 Å². The smallest absolute Gasteiger partial charge is 0.143 e. The van der Waals surface area contributed by atoms with Gasteiger partial charge >= 0.3 is 0 Å². The molecular weight excluding hydrogens is 348 g/mol. The number of hydrogen-bond acceptors (Lipinski definition) is 4. The average Bonchev–Trinajstić information content (AvgIpc) is 3.03. The first-order valence-corrected chi connectivity index (χ1v) is 9.42. The van der Waals surface area contributed by atoms with Gasteiger partial charge in [0.15, 0.2) is 0 Å². The number of nitrogens with zero attached hydrogens (tertiary/aromatic N) is 2. The molecule has 5 nitrogen and oxygen atoms in total. The van der Waals surface area contributed by atoms with Crippen LogP contribution in [0, 0.1) is 6.92 Å². The van der Waals surface area contributed by atoms with Gasteiger partial charge in [-0.1, -0.05) is 29.8 Å². The van der Waals surface area contributed by atoms with Gasteiger partial charge in [0, 0.05) is 42.7 Å². The van der Waals surface area contributed by atoms with E-state index in [-0.39, 0.29) is 0 Å². The van der Waals surface area contributed by atoms with E-state index in [1.54, 1.807) is 0 Å². The highest BCUT2D eigenvalue weighted by Crippen LogP contribution is 2.43. The lowest BCUT2D eigenvalue weighted by Gasteiger charge is -2.33. The number of halogens is 1. The van der Waals surface area contributed by atoms with Crippen molar-refractivity contribution in [1.82, 2.24) is 20.4 Å². The van der Waals surface area contributed by atoms with Crippen molar-refractivity contribution in [3.05, 3.63) is 46.6 Å². The van der Waals surface area contributed by atoms with E-state index < -0.39 is 0 Å². The summed E-state index contributed by atoms with van der Waals surface area (Å²) in [6.07, 6.45) is 1.87. The summed E-state index contributed by atoms with van der Waals surface area (Å²) < 4.78 is 6.21. The minimum atomic E-state index is 0.398.